The summed E-state index contributed by atoms with van der Waals surface area (Å²) in [5, 5.41) is 0. The van der Waals surface area contributed by atoms with Gasteiger partial charge in [0, 0.05) is 39.8 Å². The van der Waals surface area contributed by atoms with Crippen LogP contribution >= 0.6 is 0 Å². The number of carbonyl (C=O) groups excluding carboxylic acids is 2. The molecule has 0 saturated carbocycles. The first-order chi connectivity index (χ1) is 13.9. The van der Waals surface area contributed by atoms with E-state index in [4.69, 9.17) is 4.74 Å². The molecular formula is C23H27N3O3. The zero-order valence-corrected chi connectivity index (χ0v) is 17.2. The number of fused-ring (bicyclic) bond motifs is 1. The van der Waals surface area contributed by atoms with Crippen LogP contribution in [-0.4, -0.2) is 60.4 Å². The molecule has 0 N–H and O–H groups in total. The smallest absolute Gasteiger partial charge is 0.280 e. The van der Waals surface area contributed by atoms with E-state index in [0.717, 1.165) is 25.2 Å². The fourth-order valence-corrected chi connectivity index (χ4v) is 4.06. The van der Waals surface area contributed by atoms with Crippen molar-refractivity contribution >= 4 is 17.5 Å². The summed E-state index contributed by atoms with van der Waals surface area (Å²) < 4.78 is 6.00. The number of amides is 2. The van der Waals surface area contributed by atoms with Gasteiger partial charge in [-0.05, 0) is 37.1 Å². The molecule has 1 atom stereocenters. The third-order valence-electron chi connectivity index (χ3n) is 5.82. The van der Waals surface area contributed by atoms with Crippen molar-refractivity contribution < 1.29 is 14.3 Å². The number of carbonyl (C=O) groups is 2. The Hall–Kier alpha value is -2.86. The molecule has 2 heterocycles. The van der Waals surface area contributed by atoms with E-state index < -0.39 is 5.60 Å². The monoisotopic (exact) mass is 393 g/mol. The summed E-state index contributed by atoms with van der Waals surface area (Å²) in [5.41, 5.74) is 1.47. The van der Waals surface area contributed by atoms with Gasteiger partial charge in [-0.15, -0.1) is 0 Å². The number of aryl methyl sites for hydroxylation is 1. The van der Waals surface area contributed by atoms with Crippen molar-refractivity contribution in [1.82, 2.24) is 9.80 Å². The van der Waals surface area contributed by atoms with Crippen molar-refractivity contribution in [3.63, 3.8) is 0 Å². The molecule has 2 amide bonds. The van der Waals surface area contributed by atoms with E-state index in [-0.39, 0.29) is 11.8 Å². The topological polar surface area (TPSA) is 53.1 Å². The molecule has 29 heavy (non-hydrogen) atoms. The SMILES string of the molecule is Cc1ccc2c(c1)N(C)C(=O)C(C)(C(=O)N1CCN(Cc3ccccc3)CC1)O2. The second kappa shape index (κ2) is 7.52. The van der Waals surface area contributed by atoms with Crippen LogP contribution in [0.25, 0.3) is 0 Å². The minimum atomic E-state index is -1.53. The van der Waals surface area contributed by atoms with Crippen molar-refractivity contribution in [1.29, 1.82) is 0 Å². The number of benzene rings is 2. The Labute approximate surface area is 171 Å². The van der Waals surface area contributed by atoms with Crippen LogP contribution in [-0.2, 0) is 16.1 Å². The van der Waals surface area contributed by atoms with Crippen molar-refractivity contribution in [2.24, 2.45) is 0 Å². The zero-order valence-electron chi connectivity index (χ0n) is 17.2. The van der Waals surface area contributed by atoms with Crippen molar-refractivity contribution in [3.8, 4) is 5.75 Å². The summed E-state index contributed by atoms with van der Waals surface area (Å²) in [6.07, 6.45) is 0. The van der Waals surface area contributed by atoms with Gasteiger partial charge in [0.2, 0.25) is 0 Å². The van der Waals surface area contributed by atoms with Crippen LogP contribution in [0, 0.1) is 6.92 Å². The van der Waals surface area contributed by atoms with E-state index in [1.807, 2.05) is 43.3 Å². The molecule has 1 unspecified atom stereocenters. The molecule has 2 aromatic rings. The summed E-state index contributed by atoms with van der Waals surface area (Å²) in [7, 11) is 1.70. The Bertz CT molecular complexity index is 922. The van der Waals surface area contributed by atoms with Gasteiger partial charge in [0.25, 0.3) is 17.4 Å². The molecule has 6 heteroatoms. The van der Waals surface area contributed by atoms with Crippen LogP contribution in [0.5, 0.6) is 5.75 Å². The third kappa shape index (κ3) is 3.60. The average Bonchev–Trinajstić information content (AvgIpc) is 2.74. The first-order valence-electron chi connectivity index (χ1n) is 10.0. The molecule has 2 aromatic carbocycles. The summed E-state index contributed by atoms with van der Waals surface area (Å²) in [6.45, 7) is 7.14. The molecule has 152 valence electrons. The molecule has 0 radical (unpaired) electrons. The van der Waals surface area contributed by atoms with Gasteiger partial charge in [-0.25, -0.2) is 0 Å². The highest BCUT2D eigenvalue weighted by atomic mass is 16.5. The molecule has 0 bridgehead atoms. The van der Waals surface area contributed by atoms with Gasteiger partial charge in [0.1, 0.15) is 5.75 Å². The lowest BCUT2D eigenvalue weighted by Gasteiger charge is -2.42. The van der Waals surface area contributed by atoms with Crippen LogP contribution in [0.15, 0.2) is 48.5 Å². The lowest BCUT2D eigenvalue weighted by atomic mass is 9.98. The van der Waals surface area contributed by atoms with E-state index in [2.05, 4.69) is 17.0 Å². The largest absolute Gasteiger partial charge is 0.465 e. The lowest BCUT2D eigenvalue weighted by molar-refractivity contribution is -0.157. The summed E-state index contributed by atoms with van der Waals surface area (Å²) >= 11 is 0. The number of anilines is 1. The van der Waals surface area contributed by atoms with Crippen LogP contribution in [0.3, 0.4) is 0 Å². The highest BCUT2D eigenvalue weighted by Crippen LogP contribution is 2.38. The van der Waals surface area contributed by atoms with E-state index >= 15 is 0 Å². The third-order valence-corrected chi connectivity index (χ3v) is 5.82. The molecule has 2 aliphatic rings. The minimum Gasteiger partial charge on any atom is -0.465 e. The van der Waals surface area contributed by atoms with E-state index in [0.29, 0.717) is 24.5 Å². The van der Waals surface area contributed by atoms with Crippen LogP contribution in [0.4, 0.5) is 5.69 Å². The van der Waals surface area contributed by atoms with Crippen molar-refractivity contribution in [2.75, 3.05) is 38.1 Å². The lowest BCUT2D eigenvalue weighted by Crippen LogP contribution is -2.64. The fourth-order valence-electron chi connectivity index (χ4n) is 4.06. The Morgan fingerprint density at radius 1 is 1.07 bits per heavy atom. The summed E-state index contributed by atoms with van der Waals surface area (Å²) in [5.74, 6) is -0.0245. The highest BCUT2D eigenvalue weighted by molar-refractivity contribution is 6.16. The number of ether oxygens (including phenoxy) is 1. The Morgan fingerprint density at radius 2 is 1.76 bits per heavy atom. The normalized spacial score (nSPS) is 22.2. The molecule has 0 aliphatic carbocycles. The number of hydrogen-bond donors (Lipinski definition) is 0. The molecule has 0 spiro atoms. The predicted octanol–water partition coefficient (Wildman–Crippen LogP) is 2.45. The van der Waals surface area contributed by atoms with Crippen LogP contribution in [0.2, 0.25) is 0 Å². The van der Waals surface area contributed by atoms with Gasteiger partial charge in [-0.3, -0.25) is 14.5 Å². The van der Waals surface area contributed by atoms with Crippen LogP contribution in [0.1, 0.15) is 18.1 Å². The number of likely N-dealkylation sites (N-methyl/N-ethyl adjacent to an activating group) is 1. The molecule has 2 aliphatic heterocycles. The van der Waals surface area contributed by atoms with Gasteiger partial charge < -0.3 is 14.5 Å². The molecule has 1 saturated heterocycles. The van der Waals surface area contributed by atoms with Crippen molar-refractivity contribution in [3.05, 3.63) is 59.7 Å². The molecule has 4 rings (SSSR count). The molecule has 1 fully saturated rings. The Morgan fingerprint density at radius 3 is 2.45 bits per heavy atom. The summed E-state index contributed by atoms with van der Waals surface area (Å²) in [6, 6.07) is 16.0. The van der Waals surface area contributed by atoms with E-state index in [1.54, 1.807) is 18.9 Å². The first kappa shape index (κ1) is 19.5. The van der Waals surface area contributed by atoms with Gasteiger partial charge >= 0.3 is 0 Å². The average molecular weight is 393 g/mol. The zero-order chi connectivity index (χ0) is 20.6. The Balaban J connectivity index is 1.45. The maximum absolute atomic E-state index is 13.3. The quantitative estimate of drug-likeness (QED) is 0.752. The van der Waals surface area contributed by atoms with Crippen molar-refractivity contribution in [2.45, 2.75) is 26.0 Å². The first-order valence-corrected chi connectivity index (χ1v) is 10.0. The maximum atomic E-state index is 13.3. The second-order valence-corrected chi connectivity index (χ2v) is 8.02. The van der Waals surface area contributed by atoms with Gasteiger partial charge in [0.15, 0.2) is 0 Å². The summed E-state index contributed by atoms with van der Waals surface area (Å²) in [4.78, 5) is 32.0. The predicted molar refractivity (Wildman–Crippen MR) is 112 cm³/mol. The standard InChI is InChI=1S/C23H27N3O3/c1-17-9-10-20-19(15-17)24(3)21(27)23(2,29-20)22(28)26-13-11-25(12-14-26)16-18-7-5-4-6-8-18/h4-10,15H,11-14,16H2,1-3H3. The number of hydrogen-bond acceptors (Lipinski definition) is 4. The second-order valence-electron chi connectivity index (χ2n) is 8.02. The molecule has 6 nitrogen and oxygen atoms in total. The van der Waals surface area contributed by atoms with Gasteiger partial charge in [0.05, 0.1) is 5.69 Å². The van der Waals surface area contributed by atoms with Crippen LogP contribution < -0.4 is 9.64 Å². The van der Waals surface area contributed by atoms with E-state index in [9.17, 15) is 9.59 Å². The number of piperazine rings is 1. The van der Waals surface area contributed by atoms with Gasteiger partial charge in [-0.2, -0.15) is 0 Å². The number of nitrogens with zero attached hydrogens (tertiary/aromatic N) is 3. The minimum absolute atomic E-state index is 0.264. The van der Waals surface area contributed by atoms with Gasteiger partial charge in [-0.1, -0.05) is 36.4 Å². The maximum Gasteiger partial charge on any atom is 0.280 e. The molecule has 0 aromatic heterocycles. The molecular weight excluding hydrogens is 366 g/mol. The van der Waals surface area contributed by atoms with E-state index in [1.165, 1.54) is 10.5 Å². The Kier molecular flexibility index (Phi) is 5.04. The highest BCUT2D eigenvalue weighted by Gasteiger charge is 2.51. The fraction of sp³-hybridized carbons (Fsp3) is 0.391. The number of rotatable bonds is 3.